The number of aromatic nitrogens is 1. The van der Waals surface area contributed by atoms with Crippen molar-refractivity contribution in [3.63, 3.8) is 0 Å². The van der Waals surface area contributed by atoms with E-state index in [0.29, 0.717) is 16.1 Å². The molecule has 0 atom stereocenters. The van der Waals surface area contributed by atoms with Crippen LogP contribution < -0.4 is 9.54 Å². The molecule has 0 N–H and O–H groups in total. The molecule has 29 heavy (non-hydrogen) atoms. The Labute approximate surface area is 173 Å². The largest absolute Gasteiger partial charge is 0.497 e. The number of thiazole rings is 1. The maximum absolute atomic E-state index is 12.8. The van der Waals surface area contributed by atoms with Gasteiger partial charge in [0, 0.05) is 5.56 Å². The predicted molar refractivity (Wildman–Crippen MR) is 113 cm³/mol. The smallest absolute Gasteiger partial charge is 0.325 e. The molecule has 152 valence electrons. The highest BCUT2D eigenvalue weighted by Gasteiger charge is 2.15. The molecule has 6 nitrogen and oxygen atoms in total. The van der Waals surface area contributed by atoms with E-state index in [9.17, 15) is 9.59 Å². The molecule has 0 radical (unpaired) electrons. The van der Waals surface area contributed by atoms with Crippen LogP contribution in [0.5, 0.6) is 5.75 Å². The van der Waals surface area contributed by atoms with Gasteiger partial charge < -0.3 is 14.0 Å². The summed E-state index contributed by atoms with van der Waals surface area (Å²) in [6.07, 6.45) is 0. The summed E-state index contributed by atoms with van der Waals surface area (Å²) in [4.78, 5) is 29.4. The molecule has 0 aliphatic heterocycles. The molecule has 3 aromatic rings. The number of esters is 1. The Morgan fingerprint density at radius 1 is 1.07 bits per heavy atom. The van der Waals surface area contributed by atoms with Gasteiger partial charge in [-0.25, -0.2) is 0 Å². The topological polar surface area (TPSA) is 69.9 Å². The molecule has 0 spiro atoms. The number of carbonyl (C=O) groups excluding carboxylic acids is 2. The molecule has 0 fully saturated rings. The van der Waals surface area contributed by atoms with Crippen molar-refractivity contribution in [2.24, 2.45) is 4.99 Å². The quantitative estimate of drug-likeness (QED) is 0.609. The number of ether oxygens (including phenoxy) is 2. The fourth-order valence-electron chi connectivity index (χ4n) is 2.88. The van der Waals surface area contributed by atoms with E-state index in [1.165, 1.54) is 18.4 Å². The third-order valence-corrected chi connectivity index (χ3v) is 5.64. The molecule has 0 unspecified atom stereocenters. The summed E-state index contributed by atoms with van der Waals surface area (Å²) in [6, 6.07) is 13.0. The minimum absolute atomic E-state index is 0.00673. The molecule has 0 saturated heterocycles. The second-order valence-corrected chi connectivity index (χ2v) is 8.63. The van der Waals surface area contributed by atoms with Gasteiger partial charge in [-0.15, -0.1) is 0 Å². The Kier molecular flexibility index (Phi) is 5.88. The Morgan fingerprint density at radius 3 is 2.34 bits per heavy atom. The summed E-state index contributed by atoms with van der Waals surface area (Å²) in [5.41, 5.74) is 2.43. The standard InChI is InChI=1S/C22H24N2O4S/c1-22(2,3)15-8-6-14(7-9-15)20(26)23-21-24(13-19(25)28-5)17-11-10-16(27-4)12-18(17)29-21/h6-12H,13H2,1-5H3. The van der Waals surface area contributed by atoms with Crippen LogP contribution in [0, 0.1) is 0 Å². The molecule has 0 bridgehead atoms. The van der Waals surface area contributed by atoms with Gasteiger partial charge in [0.1, 0.15) is 12.3 Å². The number of amides is 1. The Morgan fingerprint density at radius 2 is 1.76 bits per heavy atom. The van der Waals surface area contributed by atoms with E-state index in [4.69, 9.17) is 9.47 Å². The van der Waals surface area contributed by atoms with Crippen molar-refractivity contribution >= 4 is 33.4 Å². The number of rotatable bonds is 4. The van der Waals surface area contributed by atoms with Crippen LogP contribution in [-0.4, -0.2) is 30.7 Å². The molecule has 1 amide bonds. The highest BCUT2D eigenvalue weighted by Crippen LogP contribution is 2.24. The highest BCUT2D eigenvalue weighted by atomic mass is 32.1. The SMILES string of the molecule is COC(=O)Cn1c(=NC(=O)c2ccc(C(C)(C)C)cc2)sc2cc(OC)ccc21. The fourth-order valence-corrected chi connectivity index (χ4v) is 3.93. The third-order valence-electron chi connectivity index (χ3n) is 4.60. The van der Waals surface area contributed by atoms with Crippen molar-refractivity contribution < 1.29 is 19.1 Å². The third kappa shape index (κ3) is 4.56. The number of benzene rings is 2. The monoisotopic (exact) mass is 412 g/mol. The zero-order valence-corrected chi connectivity index (χ0v) is 18.0. The molecular weight excluding hydrogens is 388 g/mol. The number of carbonyl (C=O) groups is 2. The lowest BCUT2D eigenvalue weighted by atomic mass is 9.87. The van der Waals surface area contributed by atoms with Gasteiger partial charge >= 0.3 is 5.97 Å². The van der Waals surface area contributed by atoms with Crippen LogP contribution in [0.2, 0.25) is 0 Å². The highest BCUT2D eigenvalue weighted by molar-refractivity contribution is 7.16. The van der Waals surface area contributed by atoms with Gasteiger partial charge in [-0.3, -0.25) is 9.59 Å². The first-order valence-corrected chi connectivity index (χ1v) is 9.98. The minimum atomic E-state index is -0.413. The summed E-state index contributed by atoms with van der Waals surface area (Å²) in [5.74, 6) is -0.0776. The maximum Gasteiger partial charge on any atom is 0.325 e. The molecule has 1 heterocycles. The number of hydrogen-bond donors (Lipinski definition) is 0. The van der Waals surface area contributed by atoms with Crippen LogP contribution in [0.1, 0.15) is 36.7 Å². The van der Waals surface area contributed by atoms with E-state index in [1.54, 1.807) is 29.9 Å². The molecule has 7 heteroatoms. The Bertz CT molecular complexity index is 1120. The van der Waals surface area contributed by atoms with Crippen molar-refractivity contribution in [2.75, 3.05) is 14.2 Å². The van der Waals surface area contributed by atoms with Gasteiger partial charge in [0.2, 0.25) is 0 Å². The van der Waals surface area contributed by atoms with Crippen LogP contribution in [0.25, 0.3) is 10.2 Å². The van der Waals surface area contributed by atoms with Crippen molar-refractivity contribution in [1.29, 1.82) is 0 Å². The predicted octanol–water partition coefficient (Wildman–Crippen LogP) is 3.92. The lowest BCUT2D eigenvalue weighted by Crippen LogP contribution is -2.22. The van der Waals surface area contributed by atoms with Gasteiger partial charge in [-0.05, 0) is 41.3 Å². The molecule has 0 aliphatic rings. The van der Waals surface area contributed by atoms with E-state index in [0.717, 1.165) is 15.8 Å². The summed E-state index contributed by atoms with van der Waals surface area (Å²) in [5, 5.41) is 0. The van der Waals surface area contributed by atoms with E-state index in [2.05, 4.69) is 25.8 Å². The summed E-state index contributed by atoms with van der Waals surface area (Å²) in [7, 11) is 2.92. The number of hydrogen-bond acceptors (Lipinski definition) is 5. The van der Waals surface area contributed by atoms with Gasteiger partial charge in [0.15, 0.2) is 4.80 Å². The number of methoxy groups -OCH3 is 2. The average molecular weight is 413 g/mol. The second-order valence-electron chi connectivity index (χ2n) is 7.62. The first-order valence-electron chi connectivity index (χ1n) is 9.16. The summed E-state index contributed by atoms with van der Waals surface area (Å²) in [6.45, 7) is 6.33. The van der Waals surface area contributed by atoms with Crippen LogP contribution >= 0.6 is 11.3 Å². The summed E-state index contributed by atoms with van der Waals surface area (Å²) < 4.78 is 12.6. The van der Waals surface area contributed by atoms with Gasteiger partial charge in [0.05, 0.1) is 24.4 Å². The zero-order chi connectivity index (χ0) is 21.2. The Hall–Kier alpha value is -2.93. The molecular formula is C22H24N2O4S. The lowest BCUT2D eigenvalue weighted by molar-refractivity contribution is -0.141. The first kappa shape index (κ1) is 20.8. The first-order chi connectivity index (χ1) is 13.7. The van der Waals surface area contributed by atoms with Gasteiger partial charge in [-0.1, -0.05) is 44.2 Å². The average Bonchev–Trinajstić information content (AvgIpc) is 3.03. The van der Waals surface area contributed by atoms with Crippen LogP contribution in [0.4, 0.5) is 0 Å². The number of fused-ring (bicyclic) bond motifs is 1. The lowest BCUT2D eigenvalue weighted by Gasteiger charge is -2.18. The van der Waals surface area contributed by atoms with Crippen LogP contribution in [0.15, 0.2) is 47.5 Å². The number of nitrogens with zero attached hydrogens (tertiary/aromatic N) is 2. The van der Waals surface area contributed by atoms with E-state index >= 15 is 0 Å². The molecule has 2 aromatic carbocycles. The van der Waals surface area contributed by atoms with Crippen LogP contribution in [-0.2, 0) is 21.5 Å². The normalized spacial score (nSPS) is 12.2. The fraction of sp³-hybridized carbons (Fsp3) is 0.318. The maximum atomic E-state index is 12.8. The van der Waals surface area contributed by atoms with Crippen molar-refractivity contribution in [3.05, 3.63) is 58.4 Å². The van der Waals surface area contributed by atoms with Crippen molar-refractivity contribution in [3.8, 4) is 5.75 Å². The molecule has 0 aliphatic carbocycles. The second kappa shape index (κ2) is 8.21. The van der Waals surface area contributed by atoms with E-state index in [-0.39, 0.29) is 17.9 Å². The molecule has 1 aromatic heterocycles. The van der Waals surface area contributed by atoms with Crippen molar-refractivity contribution in [2.45, 2.75) is 32.7 Å². The van der Waals surface area contributed by atoms with Crippen LogP contribution in [0.3, 0.4) is 0 Å². The molecule has 0 saturated carbocycles. The van der Waals surface area contributed by atoms with Gasteiger partial charge in [0.25, 0.3) is 5.91 Å². The van der Waals surface area contributed by atoms with E-state index < -0.39 is 5.97 Å². The van der Waals surface area contributed by atoms with Crippen molar-refractivity contribution in [1.82, 2.24) is 4.57 Å². The Balaban J connectivity index is 2.06. The van der Waals surface area contributed by atoms with E-state index in [1.807, 2.05) is 24.3 Å². The zero-order valence-electron chi connectivity index (χ0n) is 17.2. The minimum Gasteiger partial charge on any atom is -0.497 e. The van der Waals surface area contributed by atoms with Gasteiger partial charge in [-0.2, -0.15) is 4.99 Å². The summed E-state index contributed by atoms with van der Waals surface area (Å²) >= 11 is 1.32. The molecule has 3 rings (SSSR count).